The predicted octanol–water partition coefficient (Wildman–Crippen LogP) is 2.17. The van der Waals surface area contributed by atoms with Gasteiger partial charge in [0.25, 0.3) is 0 Å². The van der Waals surface area contributed by atoms with Crippen LogP contribution in [0.1, 0.15) is 12.8 Å². The van der Waals surface area contributed by atoms with Crippen LogP contribution in [0, 0.1) is 11.3 Å². The first kappa shape index (κ1) is 21.1. The molecule has 2 aromatic rings. The van der Waals surface area contributed by atoms with Crippen LogP contribution in [0.15, 0.2) is 24.4 Å². The van der Waals surface area contributed by atoms with Gasteiger partial charge in [-0.05, 0) is 18.6 Å². The van der Waals surface area contributed by atoms with E-state index in [1.165, 1.54) is 4.90 Å². The van der Waals surface area contributed by atoms with Gasteiger partial charge in [0.05, 0.1) is 38.9 Å². The number of fused-ring (bicyclic) bond motifs is 1. The highest BCUT2D eigenvalue weighted by Crippen LogP contribution is 2.36. The summed E-state index contributed by atoms with van der Waals surface area (Å²) in [6.45, 7) is 1.43. The number of alkyl halides is 1. The SMILES string of the molecule is COc1cc2nccc(O[C@H]3CCN(CC(=O)N4C[C@@H](F)C[C@H]4C#N)C3)c2cc1OC. The van der Waals surface area contributed by atoms with Crippen molar-refractivity contribution in [3.63, 3.8) is 0 Å². The van der Waals surface area contributed by atoms with E-state index in [2.05, 4.69) is 4.98 Å². The molecule has 0 radical (unpaired) electrons. The van der Waals surface area contributed by atoms with Crippen molar-refractivity contribution in [1.82, 2.24) is 14.8 Å². The smallest absolute Gasteiger partial charge is 0.237 e. The van der Waals surface area contributed by atoms with Crippen molar-refractivity contribution in [3.05, 3.63) is 24.4 Å². The molecule has 1 aromatic heterocycles. The molecule has 2 aliphatic rings. The van der Waals surface area contributed by atoms with Crippen molar-refractivity contribution in [3.8, 4) is 23.3 Å². The highest BCUT2D eigenvalue weighted by molar-refractivity contribution is 5.88. The third kappa shape index (κ3) is 4.35. The highest BCUT2D eigenvalue weighted by Gasteiger charge is 2.36. The van der Waals surface area contributed by atoms with Gasteiger partial charge in [-0.15, -0.1) is 0 Å². The van der Waals surface area contributed by atoms with Crippen molar-refractivity contribution in [2.24, 2.45) is 0 Å². The van der Waals surface area contributed by atoms with E-state index in [-0.39, 0.29) is 31.5 Å². The van der Waals surface area contributed by atoms with Gasteiger partial charge < -0.3 is 19.1 Å². The Labute approximate surface area is 180 Å². The van der Waals surface area contributed by atoms with E-state index in [1.807, 2.05) is 23.1 Å². The molecule has 31 heavy (non-hydrogen) atoms. The van der Waals surface area contributed by atoms with E-state index in [0.29, 0.717) is 30.3 Å². The maximum Gasteiger partial charge on any atom is 0.237 e. The minimum Gasteiger partial charge on any atom is -0.493 e. The lowest BCUT2D eigenvalue weighted by atomic mass is 10.1. The Balaban J connectivity index is 1.42. The van der Waals surface area contributed by atoms with Crippen LogP contribution in [0.5, 0.6) is 17.2 Å². The molecular weight excluding hydrogens is 403 g/mol. The third-order valence-corrected chi connectivity index (χ3v) is 5.81. The quantitative estimate of drug-likeness (QED) is 0.697. The summed E-state index contributed by atoms with van der Waals surface area (Å²) in [5, 5.41) is 9.98. The van der Waals surface area contributed by atoms with Crippen LogP contribution in [-0.4, -0.2) is 79.4 Å². The first-order valence-corrected chi connectivity index (χ1v) is 10.2. The Morgan fingerprint density at radius 3 is 2.77 bits per heavy atom. The number of rotatable bonds is 6. The number of nitriles is 1. The van der Waals surface area contributed by atoms with Crippen LogP contribution < -0.4 is 14.2 Å². The van der Waals surface area contributed by atoms with E-state index >= 15 is 0 Å². The van der Waals surface area contributed by atoms with Gasteiger partial charge in [0.2, 0.25) is 5.91 Å². The molecule has 2 aliphatic heterocycles. The third-order valence-electron chi connectivity index (χ3n) is 5.81. The summed E-state index contributed by atoms with van der Waals surface area (Å²) in [5.74, 6) is 1.67. The minimum atomic E-state index is -1.13. The summed E-state index contributed by atoms with van der Waals surface area (Å²) >= 11 is 0. The molecule has 2 saturated heterocycles. The van der Waals surface area contributed by atoms with Gasteiger partial charge in [-0.25, -0.2) is 4.39 Å². The lowest BCUT2D eigenvalue weighted by Crippen LogP contribution is -2.42. The molecule has 9 heteroatoms. The first-order chi connectivity index (χ1) is 15.0. The van der Waals surface area contributed by atoms with Crippen LogP contribution in [-0.2, 0) is 4.79 Å². The second-order valence-electron chi connectivity index (χ2n) is 7.82. The summed E-state index contributed by atoms with van der Waals surface area (Å²) in [6, 6.07) is 6.81. The lowest BCUT2D eigenvalue weighted by molar-refractivity contribution is -0.132. The lowest BCUT2D eigenvalue weighted by Gasteiger charge is -2.23. The molecular formula is C22H25FN4O4. The van der Waals surface area contributed by atoms with Gasteiger partial charge >= 0.3 is 0 Å². The number of aromatic nitrogens is 1. The number of benzene rings is 1. The van der Waals surface area contributed by atoms with Gasteiger partial charge in [0.1, 0.15) is 24.1 Å². The molecule has 164 valence electrons. The number of ether oxygens (including phenoxy) is 3. The standard InChI is InChI=1S/C22H25FN4O4/c1-29-20-8-17-18(9-21(20)30-2)25-5-3-19(17)31-16-4-6-26(12-16)13-22(28)27-11-14(23)7-15(27)10-24/h3,5,8-9,14-16H,4,6-7,11-13H2,1-2H3/t14-,15-,16-/m0/s1. The fourth-order valence-corrected chi connectivity index (χ4v) is 4.23. The Bertz CT molecular complexity index is 1010. The van der Waals surface area contributed by atoms with Gasteiger partial charge in [-0.2, -0.15) is 5.26 Å². The number of nitrogens with zero attached hydrogens (tertiary/aromatic N) is 4. The molecule has 1 amide bonds. The number of methoxy groups -OCH3 is 2. The molecule has 0 saturated carbocycles. The van der Waals surface area contributed by atoms with Crippen molar-refractivity contribution in [2.75, 3.05) is 40.4 Å². The highest BCUT2D eigenvalue weighted by atomic mass is 19.1. The minimum absolute atomic E-state index is 0.000864. The van der Waals surface area contributed by atoms with Crippen LogP contribution in [0.25, 0.3) is 10.9 Å². The van der Waals surface area contributed by atoms with Crippen LogP contribution >= 0.6 is 0 Å². The number of amides is 1. The molecule has 2 fully saturated rings. The molecule has 4 rings (SSSR count). The van der Waals surface area contributed by atoms with Crippen molar-refractivity contribution < 1.29 is 23.4 Å². The first-order valence-electron chi connectivity index (χ1n) is 10.2. The second-order valence-corrected chi connectivity index (χ2v) is 7.82. The topological polar surface area (TPSA) is 87.9 Å². The molecule has 0 unspecified atom stereocenters. The second kappa shape index (κ2) is 8.94. The number of likely N-dealkylation sites (tertiary alicyclic amines) is 2. The number of hydrogen-bond acceptors (Lipinski definition) is 7. The summed E-state index contributed by atoms with van der Waals surface area (Å²) in [6.07, 6.45) is 1.32. The zero-order valence-corrected chi connectivity index (χ0v) is 17.6. The van der Waals surface area contributed by atoms with Crippen LogP contribution in [0.4, 0.5) is 4.39 Å². The molecule has 1 aromatic carbocycles. The fraction of sp³-hybridized carbons (Fsp3) is 0.500. The normalized spacial score (nSPS) is 23.7. The predicted molar refractivity (Wildman–Crippen MR) is 111 cm³/mol. The van der Waals surface area contributed by atoms with Crippen LogP contribution in [0.3, 0.4) is 0 Å². The molecule has 0 bridgehead atoms. The number of halogens is 1. The molecule has 0 spiro atoms. The van der Waals surface area contributed by atoms with Crippen molar-refractivity contribution in [2.45, 2.75) is 31.2 Å². The van der Waals surface area contributed by atoms with E-state index in [0.717, 1.165) is 17.3 Å². The maximum atomic E-state index is 13.6. The largest absolute Gasteiger partial charge is 0.493 e. The van der Waals surface area contributed by atoms with Gasteiger partial charge in [0, 0.05) is 37.2 Å². The summed E-state index contributed by atoms with van der Waals surface area (Å²) in [4.78, 5) is 20.3. The zero-order valence-electron chi connectivity index (χ0n) is 17.6. The monoisotopic (exact) mass is 428 g/mol. The number of pyridine rings is 1. The van der Waals surface area contributed by atoms with E-state index < -0.39 is 12.2 Å². The van der Waals surface area contributed by atoms with E-state index in [1.54, 1.807) is 26.5 Å². The zero-order chi connectivity index (χ0) is 22.0. The summed E-state index contributed by atoms with van der Waals surface area (Å²) < 4.78 is 30.6. The van der Waals surface area contributed by atoms with Gasteiger partial charge in [-0.1, -0.05) is 0 Å². The molecule has 0 aliphatic carbocycles. The van der Waals surface area contributed by atoms with Gasteiger partial charge in [-0.3, -0.25) is 14.7 Å². The van der Waals surface area contributed by atoms with Gasteiger partial charge in [0.15, 0.2) is 11.5 Å². The Morgan fingerprint density at radius 2 is 2.03 bits per heavy atom. The Kier molecular flexibility index (Phi) is 6.09. The fourth-order valence-electron chi connectivity index (χ4n) is 4.23. The average Bonchev–Trinajstić information content (AvgIpc) is 3.38. The van der Waals surface area contributed by atoms with Crippen molar-refractivity contribution in [1.29, 1.82) is 5.26 Å². The molecule has 3 heterocycles. The molecule has 0 N–H and O–H groups in total. The molecule has 8 nitrogen and oxygen atoms in total. The number of carbonyl (C=O) groups is 1. The maximum absolute atomic E-state index is 13.6. The average molecular weight is 428 g/mol. The number of hydrogen-bond donors (Lipinski definition) is 0. The van der Waals surface area contributed by atoms with E-state index in [9.17, 15) is 9.18 Å². The van der Waals surface area contributed by atoms with Crippen molar-refractivity contribution >= 4 is 16.8 Å². The van der Waals surface area contributed by atoms with Crippen LogP contribution in [0.2, 0.25) is 0 Å². The Morgan fingerprint density at radius 1 is 1.26 bits per heavy atom. The van der Waals surface area contributed by atoms with E-state index in [4.69, 9.17) is 19.5 Å². The summed E-state index contributed by atoms with van der Waals surface area (Å²) in [7, 11) is 3.15. The summed E-state index contributed by atoms with van der Waals surface area (Å²) in [5.41, 5.74) is 0.734. The molecule has 3 atom stereocenters. The number of carbonyl (C=O) groups excluding carboxylic acids is 1. The Hall–Kier alpha value is -3.12.